The largest absolute Gasteiger partial charge is 0.462 e. The van der Waals surface area contributed by atoms with Crippen molar-refractivity contribution >= 4 is 23.5 Å². The van der Waals surface area contributed by atoms with E-state index in [0.29, 0.717) is 6.54 Å². The van der Waals surface area contributed by atoms with E-state index < -0.39 is 17.8 Å². The van der Waals surface area contributed by atoms with Crippen LogP contribution in [0.5, 0.6) is 0 Å². The Labute approximate surface area is 147 Å². The van der Waals surface area contributed by atoms with Gasteiger partial charge in [-0.3, -0.25) is 9.59 Å². The highest BCUT2D eigenvalue weighted by atomic mass is 16.5. The van der Waals surface area contributed by atoms with Crippen LogP contribution in [0.15, 0.2) is 35.9 Å². The Morgan fingerprint density at radius 2 is 1.92 bits per heavy atom. The number of para-hydroxylation sites is 1. The molecule has 0 unspecified atom stereocenters. The van der Waals surface area contributed by atoms with Crippen LogP contribution < -0.4 is 10.6 Å². The van der Waals surface area contributed by atoms with Gasteiger partial charge in [0.05, 0.1) is 17.9 Å². The monoisotopic (exact) mass is 344 g/mol. The van der Waals surface area contributed by atoms with Crippen molar-refractivity contribution in [3.63, 3.8) is 0 Å². The van der Waals surface area contributed by atoms with E-state index in [1.165, 1.54) is 18.4 Å². The summed E-state index contributed by atoms with van der Waals surface area (Å²) < 4.78 is 4.95. The van der Waals surface area contributed by atoms with Crippen LogP contribution in [0.2, 0.25) is 0 Å². The first kappa shape index (κ1) is 18.7. The van der Waals surface area contributed by atoms with Crippen LogP contribution in [0.3, 0.4) is 0 Å². The molecule has 25 heavy (non-hydrogen) atoms. The molecule has 0 spiro atoms. The average Bonchev–Trinajstić information content (AvgIpc) is 2.63. The summed E-state index contributed by atoms with van der Waals surface area (Å²) in [5.74, 6) is -2.05. The SMILES string of the molecule is CCOC(=O)c1ccccc1NC(=O)C(=O)NCCC1=CCCCC1. The minimum absolute atomic E-state index is 0.220. The Hall–Kier alpha value is -2.63. The van der Waals surface area contributed by atoms with Crippen molar-refractivity contribution in [2.45, 2.75) is 39.0 Å². The number of hydrogen-bond donors (Lipinski definition) is 2. The van der Waals surface area contributed by atoms with Gasteiger partial charge in [-0.1, -0.05) is 23.8 Å². The molecule has 2 N–H and O–H groups in total. The second kappa shape index (κ2) is 9.61. The van der Waals surface area contributed by atoms with E-state index in [1.54, 1.807) is 31.2 Å². The van der Waals surface area contributed by atoms with Crippen LogP contribution in [0, 0.1) is 0 Å². The lowest BCUT2D eigenvalue weighted by atomic mass is 9.97. The van der Waals surface area contributed by atoms with Gasteiger partial charge in [0.15, 0.2) is 0 Å². The molecule has 0 saturated heterocycles. The Balaban J connectivity index is 1.87. The highest BCUT2D eigenvalue weighted by Crippen LogP contribution is 2.19. The smallest absolute Gasteiger partial charge is 0.340 e. The Morgan fingerprint density at radius 3 is 2.64 bits per heavy atom. The van der Waals surface area contributed by atoms with Crippen molar-refractivity contribution in [1.82, 2.24) is 5.32 Å². The molecule has 1 aliphatic carbocycles. The molecule has 0 heterocycles. The van der Waals surface area contributed by atoms with Crippen molar-refractivity contribution in [3.8, 4) is 0 Å². The van der Waals surface area contributed by atoms with Crippen molar-refractivity contribution in [2.24, 2.45) is 0 Å². The Kier molecular flexibility index (Phi) is 7.19. The lowest BCUT2D eigenvalue weighted by Crippen LogP contribution is -2.36. The maximum atomic E-state index is 12.0. The second-order valence-corrected chi connectivity index (χ2v) is 5.83. The molecular weight excluding hydrogens is 320 g/mol. The number of carbonyl (C=O) groups excluding carboxylic acids is 3. The van der Waals surface area contributed by atoms with Crippen LogP contribution in [-0.4, -0.2) is 30.9 Å². The molecule has 2 rings (SSSR count). The van der Waals surface area contributed by atoms with Crippen molar-refractivity contribution < 1.29 is 19.1 Å². The van der Waals surface area contributed by atoms with Crippen LogP contribution in [0.1, 0.15) is 49.4 Å². The predicted octanol–water partition coefficient (Wildman–Crippen LogP) is 2.81. The van der Waals surface area contributed by atoms with E-state index in [4.69, 9.17) is 4.74 Å². The molecule has 0 bridgehead atoms. The number of allylic oxidation sites excluding steroid dienone is 1. The number of carbonyl (C=O) groups is 3. The Morgan fingerprint density at radius 1 is 1.12 bits per heavy atom. The summed E-state index contributed by atoms with van der Waals surface area (Å²) >= 11 is 0. The number of hydrogen-bond acceptors (Lipinski definition) is 4. The molecule has 1 aliphatic rings. The van der Waals surface area contributed by atoms with Gasteiger partial charge in [-0.05, 0) is 51.2 Å². The average molecular weight is 344 g/mol. The number of esters is 1. The molecule has 134 valence electrons. The summed E-state index contributed by atoms with van der Waals surface area (Å²) in [4.78, 5) is 35.9. The fourth-order valence-corrected chi connectivity index (χ4v) is 2.71. The number of ether oxygens (including phenoxy) is 1. The quantitative estimate of drug-likeness (QED) is 0.472. The minimum Gasteiger partial charge on any atom is -0.462 e. The Bertz CT molecular complexity index is 667. The molecule has 0 aromatic heterocycles. The third kappa shape index (κ3) is 5.74. The zero-order valence-corrected chi connectivity index (χ0v) is 14.5. The van der Waals surface area contributed by atoms with Gasteiger partial charge in [0.25, 0.3) is 0 Å². The van der Waals surface area contributed by atoms with Gasteiger partial charge >= 0.3 is 17.8 Å². The van der Waals surface area contributed by atoms with Crippen LogP contribution in [0.4, 0.5) is 5.69 Å². The third-order valence-corrected chi connectivity index (χ3v) is 3.99. The van der Waals surface area contributed by atoms with E-state index in [9.17, 15) is 14.4 Å². The molecular formula is C19H24N2O4. The molecule has 1 aromatic rings. The van der Waals surface area contributed by atoms with Gasteiger partial charge < -0.3 is 15.4 Å². The van der Waals surface area contributed by atoms with E-state index in [2.05, 4.69) is 16.7 Å². The van der Waals surface area contributed by atoms with Gasteiger partial charge in [-0.25, -0.2) is 4.79 Å². The van der Waals surface area contributed by atoms with Crippen molar-refractivity contribution in [2.75, 3.05) is 18.5 Å². The summed E-state index contributed by atoms with van der Waals surface area (Å²) in [6, 6.07) is 6.44. The summed E-state index contributed by atoms with van der Waals surface area (Å²) in [5, 5.41) is 5.09. The second-order valence-electron chi connectivity index (χ2n) is 5.83. The zero-order chi connectivity index (χ0) is 18.1. The zero-order valence-electron chi connectivity index (χ0n) is 14.5. The third-order valence-electron chi connectivity index (χ3n) is 3.99. The predicted molar refractivity (Wildman–Crippen MR) is 95.2 cm³/mol. The normalized spacial score (nSPS) is 13.6. The molecule has 1 aromatic carbocycles. The number of nitrogens with one attached hydrogen (secondary N) is 2. The fourth-order valence-electron chi connectivity index (χ4n) is 2.71. The molecule has 0 aliphatic heterocycles. The van der Waals surface area contributed by atoms with E-state index in [-0.39, 0.29) is 17.9 Å². The number of rotatable bonds is 6. The highest BCUT2D eigenvalue weighted by molar-refractivity contribution is 6.40. The standard InChI is InChI=1S/C19H24N2O4/c1-2-25-19(24)15-10-6-7-11-16(15)21-18(23)17(22)20-13-12-14-8-4-3-5-9-14/h6-8,10-11H,2-5,9,12-13H2,1H3,(H,20,22)(H,21,23). The molecule has 2 amide bonds. The molecule has 0 fully saturated rings. The fraction of sp³-hybridized carbons (Fsp3) is 0.421. The molecule has 0 radical (unpaired) electrons. The van der Waals surface area contributed by atoms with E-state index in [1.807, 2.05) is 0 Å². The van der Waals surface area contributed by atoms with Crippen LogP contribution in [0.25, 0.3) is 0 Å². The maximum absolute atomic E-state index is 12.0. The van der Waals surface area contributed by atoms with Crippen LogP contribution in [-0.2, 0) is 14.3 Å². The van der Waals surface area contributed by atoms with Crippen molar-refractivity contribution in [1.29, 1.82) is 0 Å². The molecule has 0 atom stereocenters. The van der Waals surface area contributed by atoms with E-state index in [0.717, 1.165) is 19.3 Å². The van der Waals surface area contributed by atoms with E-state index >= 15 is 0 Å². The summed E-state index contributed by atoms with van der Waals surface area (Å²) in [6.45, 7) is 2.36. The lowest BCUT2D eigenvalue weighted by molar-refractivity contribution is -0.136. The molecule has 6 nitrogen and oxygen atoms in total. The summed E-state index contributed by atoms with van der Waals surface area (Å²) in [7, 11) is 0. The first-order chi connectivity index (χ1) is 12.1. The number of benzene rings is 1. The molecule has 6 heteroatoms. The highest BCUT2D eigenvalue weighted by Gasteiger charge is 2.18. The lowest BCUT2D eigenvalue weighted by Gasteiger charge is -2.13. The number of amides is 2. The summed E-state index contributed by atoms with van der Waals surface area (Å²) in [5.41, 5.74) is 1.81. The van der Waals surface area contributed by atoms with Gasteiger partial charge in [0.1, 0.15) is 0 Å². The van der Waals surface area contributed by atoms with Crippen LogP contribution >= 0.6 is 0 Å². The minimum atomic E-state index is -0.797. The van der Waals surface area contributed by atoms with Gasteiger partial charge in [-0.2, -0.15) is 0 Å². The first-order valence-electron chi connectivity index (χ1n) is 8.65. The maximum Gasteiger partial charge on any atom is 0.340 e. The summed E-state index contributed by atoms with van der Waals surface area (Å²) in [6.07, 6.45) is 7.54. The number of anilines is 1. The van der Waals surface area contributed by atoms with Gasteiger partial charge in [0, 0.05) is 6.54 Å². The van der Waals surface area contributed by atoms with Gasteiger partial charge in [-0.15, -0.1) is 0 Å². The van der Waals surface area contributed by atoms with Gasteiger partial charge in [0.2, 0.25) is 0 Å². The molecule has 0 saturated carbocycles. The first-order valence-corrected chi connectivity index (χ1v) is 8.65. The van der Waals surface area contributed by atoms with Crippen molar-refractivity contribution in [3.05, 3.63) is 41.5 Å². The topological polar surface area (TPSA) is 84.5 Å².